The molecule has 0 aromatic heterocycles. The zero-order valence-corrected chi connectivity index (χ0v) is 15.6. The van der Waals surface area contributed by atoms with Crippen LogP contribution in [0, 0.1) is 0 Å². The van der Waals surface area contributed by atoms with Crippen molar-refractivity contribution < 1.29 is 19.5 Å². The maximum Gasteiger partial charge on any atom is 0.323 e. The topological polar surface area (TPSA) is 86.7 Å². The largest absolute Gasteiger partial charge is 0.480 e. The van der Waals surface area contributed by atoms with Crippen LogP contribution in [0.2, 0.25) is 0 Å². The van der Waals surface area contributed by atoms with Gasteiger partial charge in [-0.25, -0.2) is 0 Å². The highest BCUT2D eigenvalue weighted by molar-refractivity contribution is 7.99. The predicted molar refractivity (Wildman–Crippen MR) is 101 cm³/mol. The molecule has 1 saturated heterocycles. The number of carboxylic acid groups (broad SMARTS) is 1. The molecule has 2 amide bonds. The summed E-state index contributed by atoms with van der Waals surface area (Å²) in [6.07, 6.45) is 0.933. The standard InChI is InChI=1S/C17H22N2O4S2/c1-11-19(10-15(20)21)17(23)13(7-8-25-11)18-16(22)14(24)9-12-5-3-2-4-6-12/h2-6,11,13-14,24H,7-10H2,1H3,(H,18,22)(H,20,21)/t11-,13-,14-/m0/s1. The lowest BCUT2D eigenvalue weighted by Gasteiger charge is -2.27. The van der Waals surface area contributed by atoms with E-state index in [0.717, 1.165) is 5.56 Å². The molecule has 136 valence electrons. The van der Waals surface area contributed by atoms with Crippen molar-refractivity contribution in [3.05, 3.63) is 35.9 Å². The van der Waals surface area contributed by atoms with Crippen molar-refractivity contribution in [2.45, 2.75) is 36.4 Å². The third-order valence-electron chi connectivity index (χ3n) is 3.98. The highest BCUT2D eigenvalue weighted by Crippen LogP contribution is 2.23. The molecule has 0 saturated carbocycles. The van der Waals surface area contributed by atoms with Crippen molar-refractivity contribution >= 4 is 42.2 Å². The zero-order chi connectivity index (χ0) is 18.4. The summed E-state index contributed by atoms with van der Waals surface area (Å²) in [5.41, 5.74) is 0.988. The summed E-state index contributed by atoms with van der Waals surface area (Å²) >= 11 is 5.86. The average Bonchev–Trinajstić information content (AvgIpc) is 2.69. The summed E-state index contributed by atoms with van der Waals surface area (Å²) in [5.74, 6) is -1.07. The number of carbonyl (C=O) groups is 3. The number of hydrogen-bond donors (Lipinski definition) is 3. The molecule has 25 heavy (non-hydrogen) atoms. The van der Waals surface area contributed by atoms with Gasteiger partial charge >= 0.3 is 5.97 Å². The van der Waals surface area contributed by atoms with E-state index in [1.807, 2.05) is 30.3 Å². The Morgan fingerprint density at radius 1 is 1.40 bits per heavy atom. The van der Waals surface area contributed by atoms with Crippen molar-refractivity contribution in [2.24, 2.45) is 0 Å². The molecule has 6 nitrogen and oxygen atoms in total. The van der Waals surface area contributed by atoms with Crippen LogP contribution in [0.25, 0.3) is 0 Å². The molecule has 0 bridgehead atoms. The normalized spacial score (nSPS) is 22.2. The van der Waals surface area contributed by atoms with Gasteiger partial charge in [0.1, 0.15) is 12.6 Å². The van der Waals surface area contributed by atoms with Gasteiger partial charge in [0.15, 0.2) is 0 Å². The van der Waals surface area contributed by atoms with E-state index < -0.39 is 17.3 Å². The quantitative estimate of drug-likeness (QED) is 0.648. The molecule has 1 fully saturated rings. The fourth-order valence-electron chi connectivity index (χ4n) is 2.63. The number of benzene rings is 1. The van der Waals surface area contributed by atoms with Crippen molar-refractivity contribution in [1.29, 1.82) is 0 Å². The van der Waals surface area contributed by atoms with Crippen LogP contribution in [-0.4, -0.2) is 56.8 Å². The first kappa shape index (κ1) is 19.7. The minimum absolute atomic E-state index is 0.235. The Morgan fingerprint density at radius 2 is 2.08 bits per heavy atom. The predicted octanol–water partition coefficient (Wildman–Crippen LogP) is 1.41. The number of aliphatic carboxylic acids is 1. The maximum atomic E-state index is 12.6. The number of thioether (sulfide) groups is 1. The number of thiol groups is 1. The minimum atomic E-state index is -1.07. The molecule has 2 rings (SSSR count). The lowest BCUT2D eigenvalue weighted by atomic mass is 10.1. The molecule has 0 unspecified atom stereocenters. The highest BCUT2D eigenvalue weighted by atomic mass is 32.2. The van der Waals surface area contributed by atoms with E-state index in [0.29, 0.717) is 18.6 Å². The molecular weight excluding hydrogens is 360 g/mol. The molecule has 1 aromatic rings. The number of rotatable bonds is 6. The SMILES string of the molecule is C[C@@H]1SCC[C@H](NC(=O)[C@@H](S)Cc2ccccc2)C(=O)N1CC(=O)O. The Hall–Kier alpha value is -1.67. The molecule has 8 heteroatoms. The van der Waals surface area contributed by atoms with Gasteiger partial charge in [-0.2, -0.15) is 12.6 Å². The summed E-state index contributed by atoms with van der Waals surface area (Å²) in [5, 5.41) is 10.9. The fourth-order valence-corrected chi connectivity index (χ4v) is 3.99. The summed E-state index contributed by atoms with van der Waals surface area (Å²) in [6.45, 7) is 1.43. The van der Waals surface area contributed by atoms with E-state index in [4.69, 9.17) is 5.11 Å². The van der Waals surface area contributed by atoms with Crippen LogP contribution in [0.15, 0.2) is 30.3 Å². The van der Waals surface area contributed by atoms with Crippen LogP contribution in [0.1, 0.15) is 18.9 Å². The Kier molecular flexibility index (Phi) is 7.19. The molecule has 2 N–H and O–H groups in total. The van der Waals surface area contributed by atoms with Gasteiger partial charge in [0.05, 0.1) is 10.6 Å². The molecule has 1 heterocycles. The third-order valence-corrected chi connectivity index (χ3v) is 5.61. The van der Waals surface area contributed by atoms with E-state index in [-0.39, 0.29) is 23.7 Å². The van der Waals surface area contributed by atoms with E-state index in [1.165, 1.54) is 16.7 Å². The number of nitrogens with one attached hydrogen (secondary N) is 1. The zero-order valence-electron chi connectivity index (χ0n) is 13.9. The lowest BCUT2D eigenvalue weighted by molar-refractivity contribution is -0.146. The minimum Gasteiger partial charge on any atom is -0.480 e. The van der Waals surface area contributed by atoms with Crippen molar-refractivity contribution in [3.63, 3.8) is 0 Å². The van der Waals surface area contributed by atoms with Crippen LogP contribution in [0.5, 0.6) is 0 Å². The molecule has 3 atom stereocenters. The van der Waals surface area contributed by atoms with Crippen LogP contribution in [-0.2, 0) is 20.8 Å². The van der Waals surface area contributed by atoms with E-state index in [1.54, 1.807) is 6.92 Å². The van der Waals surface area contributed by atoms with E-state index in [9.17, 15) is 14.4 Å². The molecular formula is C17H22N2O4S2. The van der Waals surface area contributed by atoms with Gasteiger partial charge in [-0.05, 0) is 31.1 Å². The molecule has 0 aliphatic carbocycles. The fraction of sp³-hybridized carbons (Fsp3) is 0.471. The second-order valence-electron chi connectivity index (χ2n) is 5.89. The first-order valence-corrected chi connectivity index (χ1v) is 9.61. The van der Waals surface area contributed by atoms with Crippen molar-refractivity contribution in [3.8, 4) is 0 Å². The van der Waals surface area contributed by atoms with Gasteiger partial charge in [-0.15, -0.1) is 11.8 Å². The van der Waals surface area contributed by atoms with Gasteiger partial charge in [-0.1, -0.05) is 30.3 Å². The summed E-state index contributed by atoms with van der Waals surface area (Å²) < 4.78 is 0. The Balaban J connectivity index is 2.00. The first-order chi connectivity index (χ1) is 11.9. The molecule has 1 aliphatic heterocycles. The van der Waals surface area contributed by atoms with Crippen molar-refractivity contribution in [2.75, 3.05) is 12.3 Å². The summed E-state index contributed by atoms with van der Waals surface area (Å²) in [6, 6.07) is 8.81. The number of carboxylic acids is 1. The number of amides is 2. The first-order valence-electron chi connectivity index (χ1n) is 8.04. The molecule has 1 aromatic carbocycles. The van der Waals surface area contributed by atoms with Gasteiger partial charge in [0.2, 0.25) is 11.8 Å². The number of carbonyl (C=O) groups excluding carboxylic acids is 2. The van der Waals surface area contributed by atoms with Crippen molar-refractivity contribution in [1.82, 2.24) is 10.2 Å². The molecule has 0 radical (unpaired) electrons. The Bertz CT molecular complexity index is 626. The Morgan fingerprint density at radius 3 is 2.72 bits per heavy atom. The number of hydrogen-bond acceptors (Lipinski definition) is 5. The number of nitrogens with zero attached hydrogens (tertiary/aromatic N) is 1. The maximum absolute atomic E-state index is 12.6. The van der Waals surface area contributed by atoms with E-state index >= 15 is 0 Å². The average molecular weight is 383 g/mol. The highest BCUT2D eigenvalue weighted by Gasteiger charge is 2.34. The molecule has 0 spiro atoms. The summed E-state index contributed by atoms with van der Waals surface area (Å²) in [7, 11) is 0. The third kappa shape index (κ3) is 5.67. The van der Waals surface area contributed by atoms with E-state index in [2.05, 4.69) is 17.9 Å². The molecule has 1 aliphatic rings. The van der Waals surface area contributed by atoms with Gasteiger partial charge in [0.25, 0.3) is 0 Å². The van der Waals surface area contributed by atoms with Gasteiger partial charge in [0, 0.05) is 0 Å². The monoisotopic (exact) mass is 382 g/mol. The second-order valence-corrected chi connectivity index (χ2v) is 7.93. The van der Waals surface area contributed by atoms with Crippen LogP contribution in [0.4, 0.5) is 0 Å². The van der Waals surface area contributed by atoms with Crippen LogP contribution < -0.4 is 5.32 Å². The van der Waals surface area contributed by atoms with Gasteiger partial charge in [-0.3, -0.25) is 14.4 Å². The van der Waals surface area contributed by atoms with Crippen LogP contribution >= 0.6 is 24.4 Å². The Labute approximate surface area is 156 Å². The second kappa shape index (κ2) is 9.15. The lowest BCUT2D eigenvalue weighted by Crippen LogP contribution is -2.52. The summed E-state index contributed by atoms with van der Waals surface area (Å²) in [4.78, 5) is 37.3. The van der Waals surface area contributed by atoms with Gasteiger partial charge < -0.3 is 15.3 Å². The smallest absolute Gasteiger partial charge is 0.323 e. The van der Waals surface area contributed by atoms with Crippen LogP contribution in [0.3, 0.4) is 0 Å².